The molecule has 0 saturated carbocycles. The first-order valence-electron chi connectivity index (χ1n) is 10.1. The zero-order valence-electron chi connectivity index (χ0n) is 16.7. The van der Waals surface area contributed by atoms with Crippen LogP contribution in [-0.4, -0.2) is 33.3 Å². The van der Waals surface area contributed by atoms with E-state index in [1.165, 1.54) is 12.1 Å². The van der Waals surface area contributed by atoms with Crippen molar-refractivity contribution in [3.63, 3.8) is 0 Å². The first-order chi connectivity index (χ1) is 13.1. The van der Waals surface area contributed by atoms with E-state index in [9.17, 15) is 4.79 Å². The van der Waals surface area contributed by atoms with Crippen molar-refractivity contribution in [3.05, 3.63) is 47.0 Å². The molecule has 27 heavy (non-hydrogen) atoms. The number of aryl methyl sites for hydroxylation is 1. The van der Waals surface area contributed by atoms with Crippen molar-refractivity contribution in [2.45, 2.75) is 65.6 Å². The van der Waals surface area contributed by atoms with Crippen molar-refractivity contribution in [1.82, 2.24) is 25.4 Å². The second-order valence-corrected chi connectivity index (χ2v) is 7.70. The molecular weight excluding hydrogens is 338 g/mol. The maximum Gasteiger partial charge on any atom is 0.272 e. The van der Waals surface area contributed by atoms with E-state index in [0.717, 1.165) is 43.5 Å². The van der Waals surface area contributed by atoms with Crippen LogP contribution in [0.15, 0.2) is 24.5 Å². The molecule has 0 fully saturated rings. The van der Waals surface area contributed by atoms with Crippen LogP contribution in [0.1, 0.15) is 60.9 Å². The fraction of sp³-hybridized carbons (Fsp3) is 0.571. The van der Waals surface area contributed by atoms with Gasteiger partial charge in [0.05, 0.1) is 0 Å². The number of nitrogens with one attached hydrogen (secondary N) is 2. The number of carbonyl (C=O) groups excluding carboxylic acids is 1. The monoisotopic (exact) mass is 369 g/mol. The molecule has 1 aliphatic carbocycles. The normalized spacial score (nSPS) is 16.4. The molecule has 1 atom stereocenters. The minimum absolute atomic E-state index is 0.0851. The molecule has 2 heterocycles. The SMILES string of the molecule is CCn1nc(C(=O)NCc2ccncc2)c2c1CCC(NCCC(C)C)C2. The summed E-state index contributed by atoms with van der Waals surface area (Å²) in [6, 6.07) is 4.25. The van der Waals surface area contributed by atoms with Crippen LogP contribution >= 0.6 is 0 Å². The molecule has 0 bridgehead atoms. The summed E-state index contributed by atoms with van der Waals surface area (Å²) in [5.41, 5.74) is 3.98. The Morgan fingerprint density at radius 1 is 1.33 bits per heavy atom. The van der Waals surface area contributed by atoms with Crippen LogP contribution in [0.25, 0.3) is 0 Å². The second kappa shape index (κ2) is 9.13. The highest BCUT2D eigenvalue weighted by molar-refractivity contribution is 5.94. The second-order valence-electron chi connectivity index (χ2n) is 7.70. The van der Waals surface area contributed by atoms with Crippen molar-refractivity contribution in [2.75, 3.05) is 6.54 Å². The third kappa shape index (κ3) is 4.95. The van der Waals surface area contributed by atoms with Crippen LogP contribution in [0.5, 0.6) is 0 Å². The maximum atomic E-state index is 12.8. The fourth-order valence-electron chi connectivity index (χ4n) is 3.65. The highest BCUT2D eigenvalue weighted by Crippen LogP contribution is 2.25. The van der Waals surface area contributed by atoms with Gasteiger partial charge in [-0.05, 0) is 62.8 Å². The fourth-order valence-corrected chi connectivity index (χ4v) is 3.65. The van der Waals surface area contributed by atoms with Crippen LogP contribution in [-0.2, 0) is 25.9 Å². The number of hydrogen-bond donors (Lipinski definition) is 2. The number of fused-ring (bicyclic) bond motifs is 1. The predicted molar refractivity (Wildman–Crippen MR) is 107 cm³/mol. The molecular formula is C21H31N5O. The van der Waals surface area contributed by atoms with Gasteiger partial charge in [0.1, 0.15) is 0 Å². The molecule has 146 valence electrons. The van der Waals surface area contributed by atoms with Crippen LogP contribution < -0.4 is 10.6 Å². The predicted octanol–water partition coefficient (Wildman–Crippen LogP) is 2.72. The van der Waals surface area contributed by atoms with Gasteiger partial charge < -0.3 is 10.6 Å². The van der Waals surface area contributed by atoms with Gasteiger partial charge in [0, 0.05) is 42.8 Å². The molecule has 6 heteroatoms. The number of hydrogen-bond acceptors (Lipinski definition) is 4. The molecule has 6 nitrogen and oxygen atoms in total. The Labute approximate surface area is 161 Å². The molecule has 2 aromatic heterocycles. The smallest absolute Gasteiger partial charge is 0.272 e. The summed E-state index contributed by atoms with van der Waals surface area (Å²) in [5, 5.41) is 11.3. The van der Waals surface area contributed by atoms with E-state index in [1.54, 1.807) is 12.4 Å². The maximum absolute atomic E-state index is 12.8. The lowest BCUT2D eigenvalue weighted by atomic mass is 9.91. The summed E-state index contributed by atoms with van der Waals surface area (Å²) in [6.45, 7) is 8.90. The van der Waals surface area contributed by atoms with E-state index in [0.29, 0.717) is 24.2 Å². The molecule has 1 amide bonds. The number of rotatable bonds is 8. The van der Waals surface area contributed by atoms with E-state index in [1.807, 2.05) is 16.8 Å². The Bertz CT molecular complexity index is 753. The molecule has 0 aliphatic heterocycles. The summed E-state index contributed by atoms with van der Waals surface area (Å²) in [4.78, 5) is 16.8. The van der Waals surface area contributed by atoms with Crippen LogP contribution in [0, 0.1) is 5.92 Å². The molecule has 0 saturated heterocycles. The first kappa shape index (κ1) is 19.5. The third-order valence-electron chi connectivity index (χ3n) is 5.22. The standard InChI is InChI=1S/C21H31N5O/c1-4-26-19-6-5-17(23-12-7-15(2)3)13-18(19)20(25-26)21(27)24-14-16-8-10-22-11-9-16/h8-11,15,17,23H,4-7,12-14H2,1-3H3,(H,24,27). The Morgan fingerprint density at radius 2 is 2.11 bits per heavy atom. The zero-order chi connectivity index (χ0) is 19.2. The topological polar surface area (TPSA) is 71.8 Å². The van der Waals surface area contributed by atoms with Gasteiger partial charge in [-0.2, -0.15) is 5.10 Å². The van der Waals surface area contributed by atoms with E-state index in [4.69, 9.17) is 0 Å². The van der Waals surface area contributed by atoms with E-state index in [-0.39, 0.29) is 5.91 Å². The van der Waals surface area contributed by atoms with Gasteiger partial charge in [0.25, 0.3) is 5.91 Å². The van der Waals surface area contributed by atoms with Crippen LogP contribution in [0.4, 0.5) is 0 Å². The van der Waals surface area contributed by atoms with Gasteiger partial charge in [-0.15, -0.1) is 0 Å². The number of carbonyl (C=O) groups is 1. The zero-order valence-corrected chi connectivity index (χ0v) is 16.7. The van der Waals surface area contributed by atoms with Gasteiger partial charge in [-0.3, -0.25) is 14.5 Å². The summed E-state index contributed by atoms with van der Waals surface area (Å²) >= 11 is 0. The Kier molecular flexibility index (Phi) is 6.61. The van der Waals surface area contributed by atoms with Crippen molar-refractivity contribution < 1.29 is 4.79 Å². The molecule has 0 radical (unpaired) electrons. The lowest BCUT2D eigenvalue weighted by Gasteiger charge is -2.25. The van der Waals surface area contributed by atoms with Crippen LogP contribution in [0.3, 0.4) is 0 Å². The largest absolute Gasteiger partial charge is 0.347 e. The molecule has 2 N–H and O–H groups in total. The summed E-state index contributed by atoms with van der Waals surface area (Å²) < 4.78 is 2.00. The summed E-state index contributed by atoms with van der Waals surface area (Å²) in [7, 11) is 0. The number of amides is 1. The average Bonchev–Trinajstić information content (AvgIpc) is 3.05. The van der Waals surface area contributed by atoms with Gasteiger partial charge in [-0.1, -0.05) is 13.8 Å². The van der Waals surface area contributed by atoms with E-state index >= 15 is 0 Å². The highest BCUT2D eigenvalue weighted by Gasteiger charge is 2.28. The molecule has 1 unspecified atom stereocenters. The van der Waals surface area contributed by atoms with Crippen molar-refractivity contribution in [1.29, 1.82) is 0 Å². The van der Waals surface area contributed by atoms with Gasteiger partial charge in [0.2, 0.25) is 0 Å². The van der Waals surface area contributed by atoms with E-state index < -0.39 is 0 Å². The molecule has 1 aliphatic rings. The molecule has 0 aromatic carbocycles. The Hall–Kier alpha value is -2.21. The summed E-state index contributed by atoms with van der Waals surface area (Å²) in [6.07, 6.45) is 7.62. The molecule has 0 spiro atoms. The number of nitrogens with zero attached hydrogens (tertiary/aromatic N) is 3. The molecule has 3 rings (SSSR count). The minimum Gasteiger partial charge on any atom is -0.347 e. The van der Waals surface area contributed by atoms with Crippen molar-refractivity contribution in [3.8, 4) is 0 Å². The van der Waals surface area contributed by atoms with Crippen molar-refractivity contribution >= 4 is 5.91 Å². The lowest BCUT2D eigenvalue weighted by Crippen LogP contribution is -2.36. The van der Waals surface area contributed by atoms with E-state index in [2.05, 4.69) is 41.5 Å². The van der Waals surface area contributed by atoms with Gasteiger partial charge in [0.15, 0.2) is 5.69 Å². The quantitative estimate of drug-likeness (QED) is 0.750. The Balaban J connectivity index is 1.69. The first-order valence-corrected chi connectivity index (χ1v) is 10.1. The van der Waals surface area contributed by atoms with Gasteiger partial charge >= 0.3 is 0 Å². The number of pyridine rings is 1. The summed E-state index contributed by atoms with van der Waals surface area (Å²) in [5.74, 6) is 0.618. The number of aromatic nitrogens is 3. The Morgan fingerprint density at radius 3 is 2.81 bits per heavy atom. The van der Waals surface area contributed by atoms with Crippen molar-refractivity contribution in [2.24, 2.45) is 5.92 Å². The highest BCUT2D eigenvalue weighted by atomic mass is 16.1. The van der Waals surface area contributed by atoms with Gasteiger partial charge in [-0.25, -0.2) is 0 Å². The minimum atomic E-state index is -0.0851. The third-order valence-corrected chi connectivity index (χ3v) is 5.22. The average molecular weight is 370 g/mol. The molecule has 2 aromatic rings. The lowest BCUT2D eigenvalue weighted by molar-refractivity contribution is 0.0944. The van der Waals surface area contributed by atoms with Crippen LogP contribution in [0.2, 0.25) is 0 Å².